The highest BCUT2D eigenvalue weighted by Crippen LogP contribution is 2.20. The van der Waals surface area contributed by atoms with Crippen molar-refractivity contribution in [3.63, 3.8) is 0 Å². The zero-order valence-electron chi connectivity index (χ0n) is 14.6. The van der Waals surface area contributed by atoms with Crippen LogP contribution >= 0.6 is 0 Å². The van der Waals surface area contributed by atoms with E-state index in [1.54, 1.807) is 61.9 Å². The minimum Gasteiger partial charge on any atom is -0.497 e. The van der Waals surface area contributed by atoms with Crippen LogP contribution in [0.2, 0.25) is 0 Å². The molecule has 0 aliphatic carbocycles. The number of ether oxygens (including phenoxy) is 2. The molecule has 0 saturated heterocycles. The van der Waals surface area contributed by atoms with Gasteiger partial charge in [0.1, 0.15) is 11.5 Å². The van der Waals surface area contributed by atoms with E-state index >= 15 is 0 Å². The van der Waals surface area contributed by atoms with Gasteiger partial charge >= 0.3 is 5.97 Å². The van der Waals surface area contributed by atoms with Gasteiger partial charge in [-0.1, -0.05) is 0 Å². The number of carbonyl (C=O) groups excluding carboxylic acids is 1. The molecule has 0 atom stereocenters. The molecule has 5 heteroatoms. The van der Waals surface area contributed by atoms with Crippen molar-refractivity contribution < 1.29 is 14.3 Å². The molecule has 3 aromatic carbocycles. The zero-order valence-corrected chi connectivity index (χ0v) is 14.6. The summed E-state index contributed by atoms with van der Waals surface area (Å²) >= 11 is 0. The summed E-state index contributed by atoms with van der Waals surface area (Å²) in [4.78, 5) is 16.5. The van der Waals surface area contributed by atoms with Gasteiger partial charge in [0.2, 0.25) is 0 Å². The standard InChI is InChI=1S/C22H16N2O3/c1-26-20-10-4-17(5-11-20)15-24-19-8-12-21(13-9-19)27-22(25)18-6-2-16(14-23)3-7-18/h2-13,15H,1H3. The lowest BCUT2D eigenvalue weighted by Gasteiger charge is -2.04. The second-order valence-corrected chi connectivity index (χ2v) is 5.60. The number of esters is 1. The van der Waals surface area contributed by atoms with Crippen molar-refractivity contribution in [2.75, 3.05) is 7.11 Å². The fourth-order valence-corrected chi connectivity index (χ4v) is 2.29. The fraction of sp³-hybridized carbons (Fsp3) is 0.0455. The summed E-state index contributed by atoms with van der Waals surface area (Å²) in [5.41, 5.74) is 2.57. The third kappa shape index (κ3) is 4.80. The molecule has 0 N–H and O–H groups in total. The Kier molecular flexibility index (Phi) is 5.60. The van der Waals surface area contributed by atoms with Crippen molar-refractivity contribution in [2.45, 2.75) is 0 Å². The van der Waals surface area contributed by atoms with Gasteiger partial charge in [0.05, 0.1) is 30.0 Å². The molecular formula is C22H16N2O3. The second-order valence-electron chi connectivity index (χ2n) is 5.60. The molecule has 3 aromatic rings. The molecule has 3 rings (SSSR count). The average molecular weight is 356 g/mol. The first-order chi connectivity index (χ1) is 13.2. The maximum atomic E-state index is 12.1. The Bertz CT molecular complexity index is 984. The van der Waals surface area contributed by atoms with Crippen LogP contribution < -0.4 is 9.47 Å². The van der Waals surface area contributed by atoms with Crippen LogP contribution in [0.15, 0.2) is 77.8 Å². The molecule has 132 valence electrons. The highest BCUT2D eigenvalue weighted by atomic mass is 16.5. The van der Waals surface area contributed by atoms with Gasteiger partial charge in [-0.15, -0.1) is 0 Å². The van der Waals surface area contributed by atoms with Crippen molar-refractivity contribution in [2.24, 2.45) is 4.99 Å². The van der Waals surface area contributed by atoms with Gasteiger partial charge in [0.15, 0.2) is 0 Å². The van der Waals surface area contributed by atoms with Crippen LogP contribution in [0, 0.1) is 11.3 Å². The van der Waals surface area contributed by atoms with Crippen LogP contribution in [-0.2, 0) is 0 Å². The number of benzene rings is 3. The van der Waals surface area contributed by atoms with E-state index in [-0.39, 0.29) is 0 Å². The van der Waals surface area contributed by atoms with Gasteiger partial charge in [0, 0.05) is 6.21 Å². The molecule has 0 aliphatic heterocycles. The fourth-order valence-electron chi connectivity index (χ4n) is 2.29. The van der Waals surface area contributed by atoms with Crippen molar-refractivity contribution >= 4 is 17.9 Å². The third-order valence-electron chi connectivity index (χ3n) is 3.78. The van der Waals surface area contributed by atoms with Crippen LogP contribution in [0.3, 0.4) is 0 Å². The average Bonchev–Trinajstić information content (AvgIpc) is 2.73. The van der Waals surface area contributed by atoms with E-state index in [0.717, 1.165) is 17.0 Å². The van der Waals surface area contributed by atoms with E-state index < -0.39 is 5.97 Å². The highest BCUT2D eigenvalue weighted by molar-refractivity contribution is 5.91. The first-order valence-corrected chi connectivity index (χ1v) is 8.18. The van der Waals surface area contributed by atoms with Crippen molar-refractivity contribution in [3.05, 3.63) is 89.5 Å². The van der Waals surface area contributed by atoms with E-state index in [4.69, 9.17) is 14.7 Å². The van der Waals surface area contributed by atoms with Gasteiger partial charge in [-0.05, 0) is 78.4 Å². The van der Waals surface area contributed by atoms with Crippen molar-refractivity contribution in [1.82, 2.24) is 0 Å². The molecule has 0 unspecified atom stereocenters. The Morgan fingerprint density at radius 2 is 1.56 bits per heavy atom. The SMILES string of the molecule is COc1ccc(C=Nc2ccc(OC(=O)c3ccc(C#N)cc3)cc2)cc1. The van der Waals surface area contributed by atoms with Crippen LogP contribution in [0.4, 0.5) is 5.69 Å². The number of rotatable bonds is 5. The molecule has 5 nitrogen and oxygen atoms in total. The third-order valence-corrected chi connectivity index (χ3v) is 3.78. The van der Waals surface area contributed by atoms with E-state index in [0.29, 0.717) is 16.9 Å². The summed E-state index contributed by atoms with van der Waals surface area (Å²) in [6, 6.07) is 22.7. The predicted molar refractivity (Wildman–Crippen MR) is 103 cm³/mol. The first kappa shape index (κ1) is 17.9. The Labute approximate surface area is 157 Å². The molecule has 0 aromatic heterocycles. The van der Waals surface area contributed by atoms with Crippen molar-refractivity contribution in [1.29, 1.82) is 5.26 Å². The molecule has 0 aliphatic rings. The number of methoxy groups -OCH3 is 1. The van der Waals surface area contributed by atoms with Crippen LogP contribution in [-0.4, -0.2) is 19.3 Å². The zero-order chi connectivity index (χ0) is 19.1. The normalized spacial score (nSPS) is 10.4. The molecular weight excluding hydrogens is 340 g/mol. The molecule has 0 heterocycles. The Morgan fingerprint density at radius 1 is 0.926 bits per heavy atom. The summed E-state index contributed by atoms with van der Waals surface area (Å²) in [7, 11) is 1.62. The lowest BCUT2D eigenvalue weighted by atomic mass is 10.1. The summed E-state index contributed by atoms with van der Waals surface area (Å²) < 4.78 is 10.4. The largest absolute Gasteiger partial charge is 0.497 e. The Balaban J connectivity index is 1.63. The quantitative estimate of drug-likeness (QED) is 0.382. The Morgan fingerprint density at radius 3 is 2.15 bits per heavy atom. The minimum atomic E-state index is -0.478. The van der Waals surface area contributed by atoms with Gasteiger partial charge in [-0.25, -0.2) is 4.79 Å². The Hall–Kier alpha value is -3.91. The van der Waals surface area contributed by atoms with Crippen LogP contribution in [0.5, 0.6) is 11.5 Å². The van der Waals surface area contributed by atoms with Gasteiger partial charge < -0.3 is 9.47 Å². The molecule has 0 saturated carbocycles. The minimum absolute atomic E-state index is 0.385. The van der Waals surface area contributed by atoms with Gasteiger partial charge in [0.25, 0.3) is 0 Å². The summed E-state index contributed by atoms with van der Waals surface area (Å²) in [6.07, 6.45) is 1.75. The van der Waals surface area contributed by atoms with Crippen LogP contribution in [0.1, 0.15) is 21.5 Å². The van der Waals surface area contributed by atoms with E-state index in [1.165, 1.54) is 0 Å². The number of nitriles is 1. The molecule has 27 heavy (non-hydrogen) atoms. The van der Waals surface area contributed by atoms with Gasteiger partial charge in [-0.3, -0.25) is 4.99 Å². The monoisotopic (exact) mass is 356 g/mol. The maximum Gasteiger partial charge on any atom is 0.343 e. The number of hydrogen-bond donors (Lipinski definition) is 0. The molecule has 0 bridgehead atoms. The molecule has 0 radical (unpaired) electrons. The van der Waals surface area contributed by atoms with Gasteiger partial charge in [-0.2, -0.15) is 5.26 Å². The summed E-state index contributed by atoms with van der Waals surface area (Å²) in [5.74, 6) is 0.738. The lowest BCUT2D eigenvalue weighted by molar-refractivity contribution is 0.0735. The van der Waals surface area contributed by atoms with Crippen LogP contribution in [0.25, 0.3) is 0 Å². The first-order valence-electron chi connectivity index (χ1n) is 8.18. The lowest BCUT2D eigenvalue weighted by Crippen LogP contribution is -2.08. The number of carbonyl (C=O) groups is 1. The molecule has 0 amide bonds. The number of hydrogen-bond acceptors (Lipinski definition) is 5. The highest BCUT2D eigenvalue weighted by Gasteiger charge is 2.08. The summed E-state index contributed by atoms with van der Waals surface area (Å²) in [5, 5.41) is 8.79. The molecule has 0 spiro atoms. The van der Waals surface area contributed by atoms with E-state index in [9.17, 15) is 4.79 Å². The van der Waals surface area contributed by atoms with E-state index in [2.05, 4.69) is 4.99 Å². The number of nitrogens with zero attached hydrogens (tertiary/aromatic N) is 2. The van der Waals surface area contributed by atoms with Crippen molar-refractivity contribution in [3.8, 4) is 17.6 Å². The molecule has 0 fully saturated rings. The smallest absolute Gasteiger partial charge is 0.343 e. The summed E-state index contributed by atoms with van der Waals surface area (Å²) in [6.45, 7) is 0. The number of aliphatic imine (C=N–C) groups is 1. The van der Waals surface area contributed by atoms with E-state index in [1.807, 2.05) is 30.3 Å². The predicted octanol–water partition coefficient (Wildman–Crippen LogP) is 4.54. The second kappa shape index (κ2) is 8.45. The maximum absolute atomic E-state index is 12.1. The topological polar surface area (TPSA) is 71.7 Å².